The molecule has 0 spiro atoms. The highest BCUT2D eigenvalue weighted by Gasteiger charge is 2.42. The molecule has 5 heterocycles. The highest BCUT2D eigenvalue weighted by molar-refractivity contribution is 5.79. The highest BCUT2D eigenvalue weighted by atomic mass is 19.1. The van der Waals surface area contributed by atoms with E-state index in [1.807, 2.05) is 11.5 Å². The standard InChI is InChI=1S/C27H30FN7O/c1-4-33-15-23-10-22(33)16-34(23)13-18-5-7-19(8-6-18)14-35-25(20-9-21(28)12-29-11-20)31-24-17(2)30-27(36-3)32-26(24)35/h5-9,11-12,22-23H,4,10,13-16H2,1-3H3/t22-,23-/m0/s1. The number of hydrogen-bond donors (Lipinski definition) is 0. The summed E-state index contributed by atoms with van der Waals surface area (Å²) in [5.41, 5.74) is 5.04. The molecule has 2 aliphatic rings. The number of aryl methyl sites for hydroxylation is 1. The molecule has 9 heteroatoms. The summed E-state index contributed by atoms with van der Waals surface area (Å²) < 4.78 is 21.3. The Kier molecular flexibility index (Phi) is 5.89. The number of halogens is 1. The molecule has 0 radical (unpaired) electrons. The quantitative estimate of drug-likeness (QED) is 0.394. The summed E-state index contributed by atoms with van der Waals surface area (Å²) in [4.78, 5) is 23.0. The van der Waals surface area contributed by atoms with Crippen molar-refractivity contribution >= 4 is 11.2 Å². The van der Waals surface area contributed by atoms with Gasteiger partial charge in [-0.1, -0.05) is 31.2 Å². The topological polar surface area (TPSA) is 72.2 Å². The first kappa shape index (κ1) is 23.0. The molecule has 2 atom stereocenters. The molecule has 4 aromatic rings. The zero-order valence-corrected chi connectivity index (χ0v) is 20.9. The fourth-order valence-electron chi connectivity index (χ4n) is 5.69. The van der Waals surface area contributed by atoms with Crippen molar-refractivity contribution in [1.29, 1.82) is 0 Å². The minimum absolute atomic E-state index is 0.280. The van der Waals surface area contributed by atoms with E-state index < -0.39 is 5.82 Å². The second kappa shape index (κ2) is 9.22. The second-order valence-electron chi connectivity index (χ2n) is 9.76. The molecule has 0 unspecified atom stereocenters. The molecule has 2 aliphatic heterocycles. The molecule has 186 valence electrons. The first-order valence-electron chi connectivity index (χ1n) is 12.5. The molecular weight excluding hydrogens is 457 g/mol. The van der Waals surface area contributed by atoms with Gasteiger partial charge in [-0.3, -0.25) is 14.8 Å². The molecule has 8 nitrogen and oxygen atoms in total. The number of imidazole rings is 1. The van der Waals surface area contributed by atoms with E-state index in [0.717, 1.165) is 25.2 Å². The number of fused-ring (bicyclic) bond motifs is 3. The minimum Gasteiger partial charge on any atom is -0.467 e. The van der Waals surface area contributed by atoms with Gasteiger partial charge in [-0.2, -0.15) is 9.97 Å². The normalized spacial score (nSPS) is 20.0. The van der Waals surface area contributed by atoms with E-state index in [0.29, 0.717) is 46.9 Å². The Labute approximate surface area is 209 Å². The summed E-state index contributed by atoms with van der Waals surface area (Å²) in [5, 5.41) is 0. The van der Waals surface area contributed by atoms with Crippen molar-refractivity contribution in [1.82, 2.24) is 34.3 Å². The molecule has 2 saturated heterocycles. The van der Waals surface area contributed by atoms with Crippen LogP contribution in [0.15, 0.2) is 42.7 Å². The molecule has 3 aromatic heterocycles. The summed E-state index contributed by atoms with van der Waals surface area (Å²) in [7, 11) is 1.55. The van der Waals surface area contributed by atoms with Crippen LogP contribution in [0.2, 0.25) is 0 Å². The van der Waals surface area contributed by atoms with Crippen LogP contribution in [-0.2, 0) is 13.1 Å². The van der Waals surface area contributed by atoms with E-state index in [2.05, 4.69) is 55.9 Å². The Morgan fingerprint density at radius 3 is 2.36 bits per heavy atom. The Morgan fingerprint density at radius 1 is 0.972 bits per heavy atom. The molecule has 36 heavy (non-hydrogen) atoms. The largest absolute Gasteiger partial charge is 0.467 e. The molecule has 2 fully saturated rings. The lowest BCUT2D eigenvalue weighted by Crippen LogP contribution is -2.45. The number of likely N-dealkylation sites (N-methyl/N-ethyl adjacent to an activating group) is 1. The summed E-state index contributed by atoms with van der Waals surface area (Å²) in [6, 6.07) is 11.8. The number of benzene rings is 1. The van der Waals surface area contributed by atoms with Gasteiger partial charge in [0, 0.05) is 43.5 Å². The molecule has 2 bridgehead atoms. The fourth-order valence-corrected chi connectivity index (χ4v) is 5.69. The van der Waals surface area contributed by atoms with Crippen molar-refractivity contribution in [3.8, 4) is 17.4 Å². The van der Waals surface area contributed by atoms with E-state index >= 15 is 0 Å². The summed E-state index contributed by atoms with van der Waals surface area (Å²) in [6.07, 6.45) is 4.10. The lowest BCUT2D eigenvalue weighted by Gasteiger charge is -2.33. The number of pyridine rings is 1. The van der Waals surface area contributed by atoms with E-state index in [1.54, 1.807) is 13.3 Å². The van der Waals surface area contributed by atoms with Crippen LogP contribution in [0.4, 0.5) is 4.39 Å². The minimum atomic E-state index is -0.409. The highest BCUT2D eigenvalue weighted by Crippen LogP contribution is 2.32. The molecule has 0 amide bonds. The van der Waals surface area contributed by atoms with Gasteiger partial charge in [0.05, 0.1) is 25.5 Å². The van der Waals surface area contributed by atoms with Crippen LogP contribution in [-0.4, -0.2) is 73.1 Å². The van der Waals surface area contributed by atoms with Gasteiger partial charge in [-0.25, -0.2) is 9.37 Å². The van der Waals surface area contributed by atoms with Crippen molar-refractivity contribution in [3.63, 3.8) is 0 Å². The number of rotatable bonds is 7. The summed E-state index contributed by atoms with van der Waals surface area (Å²) in [6.45, 7) is 9.14. The summed E-state index contributed by atoms with van der Waals surface area (Å²) in [5.74, 6) is 0.189. The third kappa shape index (κ3) is 4.12. The molecule has 6 rings (SSSR count). The maximum Gasteiger partial charge on any atom is 0.318 e. The SMILES string of the molecule is CCN1C[C@@H]2C[C@H]1CN2Cc1ccc(Cn2c(-c3cncc(F)c3)nc3c(C)nc(OC)nc32)cc1. The molecule has 0 saturated carbocycles. The van der Waals surface area contributed by atoms with Crippen molar-refractivity contribution in [2.24, 2.45) is 0 Å². The predicted molar refractivity (Wildman–Crippen MR) is 135 cm³/mol. The zero-order chi connectivity index (χ0) is 24.8. The third-order valence-electron chi connectivity index (χ3n) is 7.52. The number of piperazine rings is 1. The number of hydrogen-bond acceptors (Lipinski definition) is 7. The van der Waals surface area contributed by atoms with Gasteiger partial charge in [-0.15, -0.1) is 0 Å². The van der Waals surface area contributed by atoms with Crippen molar-refractivity contribution in [3.05, 3.63) is 65.4 Å². The van der Waals surface area contributed by atoms with E-state index in [9.17, 15) is 4.39 Å². The lowest BCUT2D eigenvalue weighted by atomic mass is 10.1. The van der Waals surface area contributed by atoms with E-state index in [-0.39, 0.29) is 6.01 Å². The van der Waals surface area contributed by atoms with Gasteiger partial charge >= 0.3 is 6.01 Å². The third-order valence-corrected chi connectivity index (χ3v) is 7.52. The van der Waals surface area contributed by atoms with Gasteiger partial charge in [-0.05, 0) is 37.1 Å². The average molecular weight is 488 g/mol. The Hall–Kier alpha value is -3.43. The molecular formula is C27H30FN7O. The summed E-state index contributed by atoms with van der Waals surface area (Å²) >= 11 is 0. The zero-order valence-electron chi connectivity index (χ0n) is 20.9. The molecule has 1 aromatic carbocycles. The number of ether oxygens (including phenoxy) is 1. The van der Waals surface area contributed by atoms with Gasteiger partial charge < -0.3 is 9.30 Å². The van der Waals surface area contributed by atoms with E-state index in [1.165, 1.54) is 30.8 Å². The monoisotopic (exact) mass is 487 g/mol. The number of methoxy groups -OCH3 is 1. The van der Waals surface area contributed by atoms with Gasteiger partial charge in [0.15, 0.2) is 5.65 Å². The Morgan fingerprint density at radius 2 is 1.69 bits per heavy atom. The van der Waals surface area contributed by atoms with Gasteiger partial charge in [0.25, 0.3) is 0 Å². The molecule has 0 N–H and O–H groups in total. The smallest absolute Gasteiger partial charge is 0.318 e. The van der Waals surface area contributed by atoms with Crippen LogP contribution < -0.4 is 4.74 Å². The van der Waals surface area contributed by atoms with Crippen LogP contribution >= 0.6 is 0 Å². The number of likely N-dealkylation sites (tertiary alicyclic amines) is 2. The van der Waals surface area contributed by atoms with Crippen LogP contribution in [0.1, 0.15) is 30.2 Å². The maximum absolute atomic E-state index is 14.0. The van der Waals surface area contributed by atoms with Crippen molar-refractivity contribution in [2.75, 3.05) is 26.7 Å². The Bertz CT molecular complexity index is 1400. The maximum atomic E-state index is 14.0. The number of aromatic nitrogens is 5. The average Bonchev–Trinajstić information content (AvgIpc) is 3.58. The first-order chi connectivity index (χ1) is 17.5. The second-order valence-corrected chi connectivity index (χ2v) is 9.76. The van der Waals surface area contributed by atoms with Crippen LogP contribution in [0.5, 0.6) is 6.01 Å². The van der Waals surface area contributed by atoms with Crippen molar-refractivity contribution < 1.29 is 9.13 Å². The van der Waals surface area contributed by atoms with Crippen LogP contribution in [0.25, 0.3) is 22.6 Å². The first-order valence-corrected chi connectivity index (χ1v) is 12.5. The number of nitrogens with zero attached hydrogens (tertiary/aromatic N) is 7. The predicted octanol–water partition coefficient (Wildman–Crippen LogP) is 3.67. The van der Waals surface area contributed by atoms with Gasteiger partial charge in [0.2, 0.25) is 0 Å². The van der Waals surface area contributed by atoms with Gasteiger partial charge in [0.1, 0.15) is 17.2 Å². The lowest BCUT2D eigenvalue weighted by molar-refractivity contribution is 0.127. The van der Waals surface area contributed by atoms with Crippen LogP contribution in [0, 0.1) is 12.7 Å². The van der Waals surface area contributed by atoms with E-state index in [4.69, 9.17) is 9.72 Å². The van der Waals surface area contributed by atoms with Crippen molar-refractivity contribution in [2.45, 2.75) is 45.4 Å². The van der Waals surface area contributed by atoms with Crippen LogP contribution in [0.3, 0.4) is 0 Å². The molecule has 0 aliphatic carbocycles. The fraction of sp³-hybridized carbons (Fsp3) is 0.407. The Balaban J connectivity index is 1.29.